The van der Waals surface area contributed by atoms with Gasteiger partial charge in [-0.05, 0) is 43.4 Å². The Balaban J connectivity index is 1.54. The Hall–Kier alpha value is -1.26. The number of hydrogen-bond donors (Lipinski definition) is 3. The molecule has 3 unspecified atom stereocenters. The van der Waals surface area contributed by atoms with Crippen LogP contribution in [0, 0.1) is 17.8 Å². The van der Waals surface area contributed by atoms with Crippen LogP contribution < -0.4 is 10.6 Å². The van der Waals surface area contributed by atoms with E-state index in [-0.39, 0.29) is 12.5 Å². The molecule has 2 rings (SSSR count). The number of carbonyl (C=O) groups excluding carboxylic acids is 1. The first kappa shape index (κ1) is 13.2. The zero-order valence-electron chi connectivity index (χ0n) is 10.7. The molecule has 5 nitrogen and oxygen atoms in total. The van der Waals surface area contributed by atoms with Gasteiger partial charge in [-0.3, -0.25) is 4.79 Å². The van der Waals surface area contributed by atoms with Crippen LogP contribution in [0.15, 0.2) is 0 Å². The van der Waals surface area contributed by atoms with Crippen molar-refractivity contribution in [2.75, 3.05) is 13.1 Å². The van der Waals surface area contributed by atoms with Gasteiger partial charge in [0.1, 0.15) is 0 Å². The van der Waals surface area contributed by atoms with Crippen LogP contribution in [0.5, 0.6) is 0 Å². The minimum absolute atomic E-state index is 0.104. The normalized spacial score (nSPS) is 29.2. The highest BCUT2D eigenvalue weighted by atomic mass is 16.4. The maximum absolute atomic E-state index is 11.5. The van der Waals surface area contributed by atoms with Crippen LogP contribution in [-0.2, 0) is 4.79 Å². The van der Waals surface area contributed by atoms with E-state index in [1.807, 2.05) is 0 Å². The molecule has 102 valence electrons. The van der Waals surface area contributed by atoms with Crippen LogP contribution in [0.2, 0.25) is 0 Å². The van der Waals surface area contributed by atoms with E-state index in [9.17, 15) is 9.59 Å². The number of urea groups is 1. The third kappa shape index (κ3) is 3.62. The number of carboxylic acids is 1. The Morgan fingerprint density at radius 1 is 1.17 bits per heavy atom. The van der Waals surface area contributed by atoms with Crippen LogP contribution in [0.4, 0.5) is 4.79 Å². The summed E-state index contributed by atoms with van der Waals surface area (Å²) >= 11 is 0. The summed E-state index contributed by atoms with van der Waals surface area (Å²) in [5, 5.41) is 14.1. The molecule has 3 atom stereocenters. The molecule has 2 amide bonds. The molecule has 0 spiro atoms. The molecule has 0 saturated heterocycles. The largest absolute Gasteiger partial charge is 0.481 e. The van der Waals surface area contributed by atoms with Crippen molar-refractivity contribution < 1.29 is 14.7 Å². The Morgan fingerprint density at radius 3 is 2.61 bits per heavy atom. The van der Waals surface area contributed by atoms with Gasteiger partial charge in [0.2, 0.25) is 0 Å². The zero-order valence-corrected chi connectivity index (χ0v) is 10.7. The quantitative estimate of drug-likeness (QED) is 0.630. The van der Waals surface area contributed by atoms with E-state index in [0.717, 1.165) is 18.4 Å². The molecule has 2 saturated carbocycles. The van der Waals surface area contributed by atoms with Gasteiger partial charge in [0.05, 0.1) is 0 Å². The van der Waals surface area contributed by atoms with Gasteiger partial charge < -0.3 is 15.7 Å². The van der Waals surface area contributed by atoms with Crippen molar-refractivity contribution in [2.24, 2.45) is 17.8 Å². The van der Waals surface area contributed by atoms with Gasteiger partial charge in [-0.1, -0.05) is 6.42 Å². The first-order chi connectivity index (χ1) is 8.65. The highest BCUT2D eigenvalue weighted by Crippen LogP contribution is 2.47. The maximum atomic E-state index is 11.5. The lowest BCUT2D eigenvalue weighted by molar-refractivity contribution is -0.137. The Kier molecular flexibility index (Phi) is 4.44. The van der Waals surface area contributed by atoms with Crippen LogP contribution in [0.3, 0.4) is 0 Å². The molecule has 2 fully saturated rings. The molecule has 5 heteroatoms. The van der Waals surface area contributed by atoms with E-state index in [4.69, 9.17) is 5.11 Å². The average molecular weight is 254 g/mol. The summed E-state index contributed by atoms with van der Waals surface area (Å²) < 4.78 is 0. The summed E-state index contributed by atoms with van der Waals surface area (Å²) in [4.78, 5) is 21.8. The lowest BCUT2D eigenvalue weighted by Gasteiger charge is -2.21. The van der Waals surface area contributed by atoms with Gasteiger partial charge in [-0.15, -0.1) is 0 Å². The minimum Gasteiger partial charge on any atom is -0.481 e. The Morgan fingerprint density at radius 2 is 2.00 bits per heavy atom. The molecule has 0 aliphatic heterocycles. The monoisotopic (exact) mass is 254 g/mol. The molecule has 0 heterocycles. The number of fused-ring (bicyclic) bond motifs is 2. The number of hydrogen-bond acceptors (Lipinski definition) is 2. The number of nitrogens with one attached hydrogen (secondary N) is 2. The van der Waals surface area contributed by atoms with E-state index in [0.29, 0.717) is 18.9 Å². The van der Waals surface area contributed by atoms with E-state index >= 15 is 0 Å². The van der Waals surface area contributed by atoms with Crippen molar-refractivity contribution in [1.29, 1.82) is 0 Å². The summed E-state index contributed by atoms with van der Waals surface area (Å²) in [6.07, 6.45) is 5.92. The fourth-order valence-electron chi connectivity index (χ4n) is 3.35. The molecule has 0 aromatic heterocycles. The second-order valence-corrected chi connectivity index (χ2v) is 5.57. The maximum Gasteiger partial charge on any atom is 0.314 e. The van der Waals surface area contributed by atoms with Gasteiger partial charge in [-0.2, -0.15) is 0 Å². The van der Waals surface area contributed by atoms with Crippen LogP contribution in [0.25, 0.3) is 0 Å². The molecule has 0 aromatic carbocycles. The molecular weight excluding hydrogens is 232 g/mol. The third-order valence-electron chi connectivity index (χ3n) is 4.26. The predicted octanol–water partition coefficient (Wildman–Crippen LogP) is 1.59. The lowest BCUT2D eigenvalue weighted by Crippen LogP contribution is -2.39. The van der Waals surface area contributed by atoms with E-state index in [1.165, 1.54) is 25.7 Å². The number of carbonyl (C=O) groups is 2. The van der Waals surface area contributed by atoms with Crippen molar-refractivity contribution in [3.63, 3.8) is 0 Å². The van der Waals surface area contributed by atoms with E-state index < -0.39 is 5.97 Å². The summed E-state index contributed by atoms with van der Waals surface area (Å²) in [5.74, 6) is 1.57. The summed E-state index contributed by atoms with van der Waals surface area (Å²) in [5.41, 5.74) is 0. The van der Waals surface area contributed by atoms with Crippen LogP contribution in [-0.4, -0.2) is 30.2 Å². The highest BCUT2D eigenvalue weighted by molar-refractivity contribution is 5.73. The summed E-state index contributed by atoms with van der Waals surface area (Å²) in [6, 6.07) is -0.164. The Bertz CT molecular complexity index is 319. The van der Waals surface area contributed by atoms with Gasteiger partial charge in [-0.25, -0.2) is 4.79 Å². The van der Waals surface area contributed by atoms with Crippen molar-refractivity contribution in [3.05, 3.63) is 0 Å². The van der Waals surface area contributed by atoms with Gasteiger partial charge in [0.15, 0.2) is 0 Å². The van der Waals surface area contributed by atoms with Gasteiger partial charge in [0.25, 0.3) is 0 Å². The topological polar surface area (TPSA) is 78.4 Å². The zero-order chi connectivity index (χ0) is 13.0. The van der Waals surface area contributed by atoms with Crippen molar-refractivity contribution >= 4 is 12.0 Å². The van der Waals surface area contributed by atoms with Crippen LogP contribution in [0.1, 0.15) is 38.5 Å². The molecule has 18 heavy (non-hydrogen) atoms. The number of amides is 2. The molecule has 0 radical (unpaired) electrons. The minimum atomic E-state index is -0.820. The molecule has 2 aliphatic carbocycles. The molecule has 3 N–H and O–H groups in total. The van der Waals surface area contributed by atoms with Crippen molar-refractivity contribution in [2.45, 2.75) is 38.5 Å². The number of rotatable bonds is 6. The fourth-order valence-corrected chi connectivity index (χ4v) is 3.35. The lowest BCUT2D eigenvalue weighted by atomic mass is 9.89. The fraction of sp³-hybridized carbons (Fsp3) is 0.846. The molecule has 2 aliphatic rings. The molecular formula is C13H22N2O3. The number of carboxylic acid groups (broad SMARTS) is 1. The predicted molar refractivity (Wildman–Crippen MR) is 67.2 cm³/mol. The first-order valence-corrected chi connectivity index (χ1v) is 6.88. The van der Waals surface area contributed by atoms with Crippen molar-refractivity contribution in [1.82, 2.24) is 10.6 Å². The average Bonchev–Trinajstić information content (AvgIpc) is 2.93. The summed E-state index contributed by atoms with van der Waals surface area (Å²) in [7, 11) is 0. The van der Waals surface area contributed by atoms with E-state index in [2.05, 4.69) is 10.6 Å². The van der Waals surface area contributed by atoms with Gasteiger partial charge >= 0.3 is 12.0 Å². The standard InChI is InChI=1S/C13H22N2O3/c16-12(17)2-1-5-14-13(18)15-8-11-7-9-3-4-10(11)6-9/h9-11H,1-8H2,(H,16,17)(H2,14,15,18). The number of aliphatic carboxylic acids is 1. The highest BCUT2D eigenvalue weighted by Gasteiger charge is 2.39. The Labute approximate surface area is 107 Å². The van der Waals surface area contributed by atoms with Crippen LogP contribution >= 0.6 is 0 Å². The molecule has 2 bridgehead atoms. The molecule has 0 aromatic rings. The van der Waals surface area contributed by atoms with E-state index in [1.54, 1.807) is 0 Å². The van der Waals surface area contributed by atoms with Gasteiger partial charge in [0, 0.05) is 19.5 Å². The second-order valence-electron chi connectivity index (χ2n) is 5.57. The second kappa shape index (κ2) is 6.07. The SMILES string of the molecule is O=C(O)CCCNC(=O)NCC1CC2CCC1C2. The third-order valence-corrected chi connectivity index (χ3v) is 4.26. The smallest absolute Gasteiger partial charge is 0.314 e. The summed E-state index contributed by atoms with van der Waals surface area (Å²) in [6.45, 7) is 1.20. The van der Waals surface area contributed by atoms with Crippen molar-refractivity contribution in [3.8, 4) is 0 Å². The first-order valence-electron chi connectivity index (χ1n) is 6.88.